The minimum Gasteiger partial charge on any atom is -0.390 e. The fourth-order valence-electron chi connectivity index (χ4n) is 2.08. The van der Waals surface area contributed by atoms with E-state index in [0.29, 0.717) is 28.8 Å². The Morgan fingerprint density at radius 1 is 1.55 bits per heavy atom. The van der Waals surface area contributed by atoms with Crippen molar-refractivity contribution in [2.45, 2.75) is 18.9 Å². The van der Waals surface area contributed by atoms with Gasteiger partial charge in [-0.2, -0.15) is 11.8 Å². The summed E-state index contributed by atoms with van der Waals surface area (Å²) in [7, 11) is -3.18. The molecule has 1 saturated heterocycles. The monoisotopic (exact) mass is 336 g/mol. The number of aromatic nitrogens is 1. The number of anilines is 1. The van der Waals surface area contributed by atoms with Crippen LogP contribution in [0.2, 0.25) is 5.02 Å². The number of thioether (sulfide) groups is 1. The van der Waals surface area contributed by atoms with Crippen LogP contribution in [-0.2, 0) is 16.4 Å². The van der Waals surface area contributed by atoms with Crippen molar-refractivity contribution in [1.82, 2.24) is 4.98 Å². The molecule has 5 nitrogen and oxygen atoms in total. The van der Waals surface area contributed by atoms with Gasteiger partial charge in [0.05, 0.1) is 17.3 Å². The molecule has 1 N–H and O–H groups in total. The molecular weight excluding hydrogens is 320 g/mol. The first kappa shape index (κ1) is 15.9. The first-order chi connectivity index (χ1) is 9.49. The van der Waals surface area contributed by atoms with Crippen LogP contribution in [0.5, 0.6) is 0 Å². The van der Waals surface area contributed by atoms with Crippen LogP contribution >= 0.6 is 23.4 Å². The van der Waals surface area contributed by atoms with E-state index in [1.54, 1.807) is 35.7 Å². The maximum Gasteiger partial charge on any atom is 0.171 e. The summed E-state index contributed by atoms with van der Waals surface area (Å²) < 4.78 is 24.4. The summed E-state index contributed by atoms with van der Waals surface area (Å²) in [6.45, 7) is 2.01. The predicted molar refractivity (Wildman–Crippen MR) is 83.1 cm³/mol. The highest BCUT2D eigenvalue weighted by atomic mass is 35.5. The maximum absolute atomic E-state index is 12.2. The summed E-state index contributed by atoms with van der Waals surface area (Å²) in [6, 6.07) is 3.35. The van der Waals surface area contributed by atoms with Crippen LogP contribution in [0.25, 0.3) is 0 Å². The highest BCUT2D eigenvalue weighted by Gasteiger charge is 2.33. The number of nitrogens with zero attached hydrogens (tertiary/aromatic N) is 2. The van der Waals surface area contributed by atoms with Crippen LogP contribution < -0.4 is 4.90 Å². The van der Waals surface area contributed by atoms with Gasteiger partial charge in [0.25, 0.3) is 0 Å². The van der Waals surface area contributed by atoms with Crippen molar-refractivity contribution in [3.8, 4) is 0 Å². The van der Waals surface area contributed by atoms with Crippen LogP contribution in [0.3, 0.4) is 0 Å². The third kappa shape index (κ3) is 3.21. The quantitative estimate of drug-likeness (QED) is 0.899. The van der Waals surface area contributed by atoms with Crippen molar-refractivity contribution < 1.29 is 13.5 Å². The van der Waals surface area contributed by atoms with Crippen molar-refractivity contribution in [2.24, 2.45) is 0 Å². The molecule has 0 amide bonds. The smallest absolute Gasteiger partial charge is 0.171 e. The van der Waals surface area contributed by atoms with E-state index in [2.05, 4.69) is 4.98 Å². The zero-order chi connectivity index (χ0) is 14.8. The van der Waals surface area contributed by atoms with Gasteiger partial charge in [0.1, 0.15) is 11.2 Å². The molecule has 2 heterocycles. The van der Waals surface area contributed by atoms with Gasteiger partial charge in [0.15, 0.2) is 9.84 Å². The molecule has 1 aliphatic rings. The molecular formula is C12H17ClN2O3S2. The summed E-state index contributed by atoms with van der Waals surface area (Å²) in [5, 5.41) is 9.05. The number of hydrogen-bond acceptors (Lipinski definition) is 6. The van der Waals surface area contributed by atoms with Gasteiger partial charge in [-0.1, -0.05) is 18.5 Å². The average Bonchev–Trinajstić information content (AvgIpc) is 2.48. The minimum absolute atomic E-state index is 0.106. The number of hydrogen-bond donors (Lipinski definition) is 1. The molecule has 0 aromatic carbocycles. The molecule has 20 heavy (non-hydrogen) atoms. The lowest BCUT2D eigenvalue weighted by molar-refractivity contribution is 0.277. The predicted octanol–water partition coefficient (Wildman–Crippen LogP) is 1.54. The van der Waals surface area contributed by atoms with E-state index in [1.165, 1.54) is 0 Å². The average molecular weight is 337 g/mol. The Balaban J connectivity index is 2.38. The van der Waals surface area contributed by atoms with Gasteiger partial charge in [-0.3, -0.25) is 0 Å². The molecule has 2 rings (SSSR count). The second-order valence-electron chi connectivity index (χ2n) is 4.43. The van der Waals surface area contributed by atoms with Crippen LogP contribution in [0, 0.1) is 0 Å². The van der Waals surface area contributed by atoms with E-state index in [-0.39, 0.29) is 12.4 Å². The number of sulfone groups is 1. The van der Waals surface area contributed by atoms with Crippen LogP contribution in [-0.4, -0.2) is 47.7 Å². The Bertz CT molecular complexity index is 580. The number of pyridine rings is 1. The fourth-order valence-corrected chi connectivity index (χ4v) is 5.22. The van der Waals surface area contributed by atoms with Gasteiger partial charge >= 0.3 is 0 Å². The number of halogens is 1. The van der Waals surface area contributed by atoms with E-state index >= 15 is 0 Å². The van der Waals surface area contributed by atoms with E-state index in [0.717, 1.165) is 5.75 Å². The first-order valence-corrected chi connectivity index (χ1v) is 9.56. The van der Waals surface area contributed by atoms with E-state index in [1.807, 2.05) is 0 Å². The summed E-state index contributed by atoms with van der Waals surface area (Å²) in [5.74, 6) is 2.05. The zero-order valence-electron chi connectivity index (χ0n) is 11.1. The second kappa shape index (κ2) is 6.51. The lowest BCUT2D eigenvalue weighted by Gasteiger charge is -2.35. The van der Waals surface area contributed by atoms with Gasteiger partial charge in [-0.05, 0) is 12.1 Å². The van der Waals surface area contributed by atoms with Crippen molar-refractivity contribution in [3.63, 3.8) is 0 Å². The Morgan fingerprint density at radius 2 is 2.30 bits per heavy atom. The van der Waals surface area contributed by atoms with Crippen LogP contribution in [0.4, 0.5) is 5.82 Å². The number of rotatable bonds is 4. The first-order valence-electron chi connectivity index (χ1n) is 6.32. The Morgan fingerprint density at radius 3 is 2.95 bits per heavy atom. The van der Waals surface area contributed by atoms with Gasteiger partial charge in [0, 0.05) is 23.8 Å². The van der Waals surface area contributed by atoms with Gasteiger partial charge in [-0.15, -0.1) is 0 Å². The van der Waals surface area contributed by atoms with Crippen LogP contribution in [0.15, 0.2) is 12.1 Å². The molecule has 1 unspecified atom stereocenters. The topological polar surface area (TPSA) is 70.5 Å². The number of aliphatic hydroxyl groups is 1. The van der Waals surface area contributed by atoms with Crippen molar-refractivity contribution >= 4 is 39.0 Å². The molecule has 1 aromatic heterocycles. The highest BCUT2D eigenvalue weighted by Crippen LogP contribution is 2.28. The Kier molecular flexibility index (Phi) is 5.17. The molecule has 0 spiro atoms. The Hall–Kier alpha value is -0.500. The van der Waals surface area contributed by atoms with Crippen LogP contribution in [0.1, 0.15) is 12.6 Å². The van der Waals surface area contributed by atoms with E-state index in [4.69, 9.17) is 11.6 Å². The molecule has 0 radical (unpaired) electrons. The van der Waals surface area contributed by atoms with Gasteiger partial charge in [0.2, 0.25) is 0 Å². The maximum atomic E-state index is 12.2. The summed E-state index contributed by atoms with van der Waals surface area (Å²) >= 11 is 7.56. The molecule has 1 aliphatic heterocycles. The standard InChI is InChI=1S/C12H17ClN2O3S2/c1-2-20(17,18)12-8-19-6-5-15(12)11-4-3-9(13)10(7-16)14-11/h3-4,12,16H,2,5-8H2,1H3. The fraction of sp³-hybridized carbons (Fsp3) is 0.583. The summed E-state index contributed by atoms with van der Waals surface area (Å²) in [6.07, 6.45) is 0. The third-order valence-electron chi connectivity index (χ3n) is 3.25. The largest absolute Gasteiger partial charge is 0.390 e. The molecule has 112 valence electrons. The molecule has 1 atom stereocenters. The third-order valence-corrected chi connectivity index (χ3v) is 6.88. The van der Waals surface area contributed by atoms with E-state index in [9.17, 15) is 13.5 Å². The molecule has 0 aliphatic carbocycles. The summed E-state index contributed by atoms with van der Waals surface area (Å²) in [4.78, 5) is 6.08. The molecule has 0 saturated carbocycles. The van der Waals surface area contributed by atoms with Crippen molar-refractivity contribution in [1.29, 1.82) is 0 Å². The molecule has 1 aromatic rings. The van der Waals surface area contributed by atoms with E-state index < -0.39 is 15.2 Å². The van der Waals surface area contributed by atoms with Gasteiger partial charge < -0.3 is 10.0 Å². The lowest BCUT2D eigenvalue weighted by atomic mass is 10.3. The normalized spacial score (nSPS) is 20.1. The Labute approximate surface area is 128 Å². The molecule has 0 bridgehead atoms. The van der Waals surface area contributed by atoms with Crippen molar-refractivity contribution in [2.75, 3.05) is 28.7 Å². The second-order valence-corrected chi connectivity index (χ2v) is 8.43. The lowest BCUT2D eigenvalue weighted by Crippen LogP contribution is -2.48. The van der Waals surface area contributed by atoms with Crippen molar-refractivity contribution in [3.05, 3.63) is 22.8 Å². The zero-order valence-corrected chi connectivity index (χ0v) is 13.5. The molecule has 1 fully saturated rings. The highest BCUT2D eigenvalue weighted by molar-refractivity contribution is 8.01. The minimum atomic E-state index is -3.18. The molecule has 8 heteroatoms. The summed E-state index contributed by atoms with van der Waals surface area (Å²) in [5.41, 5.74) is 0.370. The van der Waals surface area contributed by atoms with Gasteiger partial charge in [-0.25, -0.2) is 13.4 Å². The number of aliphatic hydroxyl groups excluding tert-OH is 1. The SMILES string of the molecule is CCS(=O)(=O)C1CSCCN1c1ccc(Cl)c(CO)n1.